The second kappa shape index (κ2) is 7.39. The Bertz CT molecular complexity index is 613. The molecule has 0 amide bonds. The normalized spacial score (nSPS) is 13.0. The molecule has 22 heavy (non-hydrogen) atoms. The molecule has 5 nitrogen and oxygen atoms in total. The molecule has 0 saturated heterocycles. The zero-order valence-corrected chi connectivity index (χ0v) is 15.2. The van der Waals surface area contributed by atoms with Gasteiger partial charge in [0.05, 0.1) is 4.47 Å². The lowest BCUT2D eigenvalue weighted by atomic mass is 9.96. The van der Waals surface area contributed by atoms with Crippen LogP contribution in [0, 0.1) is 0 Å². The van der Waals surface area contributed by atoms with E-state index in [4.69, 9.17) is 4.74 Å². The SMILES string of the molecule is CC(C)(C)c1nsc(NCC(O)COc2ccccc2Br)n1. The number of hydrogen-bond donors (Lipinski definition) is 2. The van der Waals surface area contributed by atoms with E-state index in [0.29, 0.717) is 17.4 Å². The third-order valence-electron chi connectivity index (χ3n) is 2.85. The summed E-state index contributed by atoms with van der Waals surface area (Å²) < 4.78 is 10.8. The Morgan fingerprint density at radius 1 is 1.36 bits per heavy atom. The molecule has 1 heterocycles. The Morgan fingerprint density at radius 3 is 2.73 bits per heavy atom. The summed E-state index contributed by atoms with van der Waals surface area (Å²) in [5, 5.41) is 13.8. The highest BCUT2D eigenvalue weighted by molar-refractivity contribution is 9.10. The van der Waals surface area contributed by atoms with E-state index in [0.717, 1.165) is 10.3 Å². The van der Waals surface area contributed by atoms with Crippen LogP contribution in [0.3, 0.4) is 0 Å². The van der Waals surface area contributed by atoms with Gasteiger partial charge in [-0.3, -0.25) is 0 Å². The van der Waals surface area contributed by atoms with Crippen LogP contribution in [0.15, 0.2) is 28.7 Å². The minimum Gasteiger partial charge on any atom is -0.490 e. The third kappa shape index (κ3) is 4.93. The van der Waals surface area contributed by atoms with Gasteiger partial charge >= 0.3 is 0 Å². The molecule has 0 aliphatic rings. The van der Waals surface area contributed by atoms with Gasteiger partial charge in [0.2, 0.25) is 5.13 Å². The molecule has 1 atom stereocenters. The number of nitrogens with zero attached hydrogens (tertiary/aromatic N) is 2. The smallest absolute Gasteiger partial charge is 0.202 e. The summed E-state index contributed by atoms with van der Waals surface area (Å²) >= 11 is 4.71. The topological polar surface area (TPSA) is 67.3 Å². The van der Waals surface area contributed by atoms with Gasteiger partial charge in [-0.05, 0) is 28.1 Å². The van der Waals surface area contributed by atoms with Crippen LogP contribution in [-0.2, 0) is 5.41 Å². The Labute approximate surface area is 143 Å². The predicted molar refractivity (Wildman–Crippen MR) is 92.7 cm³/mol. The van der Waals surface area contributed by atoms with Crippen LogP contribution in [-0.4, -0.2) is 33.7 Å². The van der Waals surface area contributed by atoms with E-state index < -0.39 is 6.10 Å². The average Bonchev–Trinajstić information content (AvgIpc) is 2.93. The Balaban J connectivity index is 1.79. The van der Waals surface area contributed by atoms with Crippen molar-refractivity contribution in [2.75, 3.05) is 18.5 Å². The number of nitrogens with one attached hydrogen (secondary N) is 1. The number of halogens is 1. The van der Waals surface area contributed by atoms with Gasteiger partial charge in [0.1, 0.15) is 24.3 Å². The highest BCUT2D eigenvalue weighted by atomic mass is 79.9. The molecule has 0 fully saturated rings. The van der Waals surface area contributed by atoms with E-state index in [-0.39, 0.29) is 12.0 Å². The molecule has 1 aromatic heterocycles. The first-order valence-corrected chi connectivity index (χ1v) is 8.56. The number of aromatic nitrogens is 2. The van der Waals surface area contributed by atoms with E-state index in [2.05, 4.69) is 51.4 Å². The number of benzene rings is 1. The minimum atomic E-state index is -0.630. The molecular weight excluding hydrogens is 366 g/mol. The van der Waals surface area contributed by atoms with Crippen LogP contribution < -0.4 is 10.1 Å². The maximum atomic E-state index is 9.98. The van der Waals surface area contributed by atoms with Crippen molar-refractivity contribution in [2.24, 2.45) is 0 Å². The van der Waals surface area contributed by atoms with Crippen LogP contribution in [0.5, 0.6) is 5.75 Å². The molecule has 1 unspecified atom stereocenters. The van der Waals surface area contributed by atoms with Crippen molar-refractivity contribution >= 4 is 32.6 Å². The van der Waals surface area contributed by atoms with Gasteiger partial charge in [-0.15, -0.1) is 0 Å². The molecule has 0 saturated carbocycles. The number of rotatable bonds is 6. The lowest BCUT2D eigenvalue weighted by Gasteiger charge is -2.14. The van der Waals surface area contributed by atoms with Crippen LogP contribution >= 0.6 is 27.5 Å². The van der Waals surface area contributed by atoms with Gasteiger partial charge in [0.15, 0.2) is 0 Å². The van der Waals surface area contributed by atoms with Crippen LogP contribution in [0.4, 0.5) is 5.13 Å². The van der Waals surface area contributed by atoms with Crippen molar-refractivity contribution in [3.05, 3.63) is 34.6 Å². The largest absolute Gasteiger partial charge is 0.490 e. The predicted octanol–water partition coefficient (Wildman–Crippen LogP) is 3.45. The molecule has 0 aliphatic carbocycles. The summed E-state index contributed by atoms with van der Waals surface area (Å²) in [5.41, 5.74) is -0.0717. The first-order valence-electron chi connectivity index (χ1n) is 6.99. The minimum absolute atomic E-state index is 0.0717. The molecule has 0 aliphatic heterocycles. The standard InChI is InChI=1S/C15H20BrN3O2S/c1-15(2,3)13-18-14(22-19-13)17-8-10(20)9-21-12-7-5-4-6-11(12)16/h4-7,10,20H,8-9H2,1-3H3,(H,17,18,19). The average molecular weight is 386 g/mol. The van der Waals surface area contributed by atoms with Gasteiger partial charge < -0.3 is 15.2 Å². The third-order valence-corrected chi connectivity index (χ3v) is 4.18. The highest BCUT2D eigenvalue weighted by Gasteiger charge is 2.19. The second-order valence-corrected chi connectivity index (χ2v) is 7.56. The number of hydrogen-bond acceptors (Lipinski definition) is 6. The molecule has 1 aromatic carbocycles. The molecular formula is C15H20BrN3O2S. The zero-order chi connectivity index (χ0) is 16.2. The zero-order valence-electron chi connectivity index (χ0n) is 12.8. The fourth-order valence-corrected chi connectivity index (χ4v) is 2.77. The molecule has 0 bridgehead atoms. The number of aliphatic hydroxyl groups is 1. The summed E-state index contributed by atoms with van der Waals surface area (Å²) in [6.45, 7) is 6.78. The quantitative estimate of drug-likeness (QED) is 0.796. The molecule has 0 radical (unpaired) electrons. The molecule has 2 aromatic rings. The molecule has 7 heteroatoms. The fraction of sp³-hybridized carbons (Fsp3) is 0.467. The Morgan fingerprint density at radius 2 is 2.09 bits per heavy atom. The maximum Gasteiger partial charge on any atom is 0.202 e. The van der Waals surface area contributed by atoms with Gasteiger partial charge in [0.25, 0.3) is 0 Å². The Hall–Kier alpha value is -1.18. The van der Waals surface area contributed by atoms with E-state index in [1.807, 2.05) is 24.3 Å². The van der Waals surface area contributed by atoms with Crippen molar-refractivity contribution < 1.29 is 9.84 Å². The molecule has 2 rings (SSSR count). The van der Waals surface area contributed by atoms with E-state index in [1.165, 1.54) is 11.5 Å². The van der Waals surface area contributed by atoms with Gasteiger partial charge in [-0.25, -0.2) is 4.98 Å². The van der Waals surface area contributed by atoms with Crippen LogP contribution in [0.1, 0.15) is 26.6 Å². The first kappa shape index (κ1) is 17.2. The molecule has 2 N–H and O–H groups in total. The van der Waals surface area contributed by atoms with E-state index in [1.54, 1.807) is 0 Å². The van der Waals surface area contributed by atoms with Gasteiger partial charge in [-0.2, -0.15) is 4.37 Å². The molecule has 120 valence electrons. The second-order valence-electron chi connectivity index (χ2n) is 5.95. The van der Waals surface area contributed by atoms with E-state index >= 15 is 0 Å². The summed E-state index contributed by atoms with van der Waals surface area (Å²) in [6.07, 6.45) is -0.630. The van der Waals surface area contributed by atoms with Crippen LogP contribution in [0.2, 0.25) is 0 Å². The number of aliphatic hydroxyl groups excluding tert-OH is 1. The summed E-state index contributed by atoms with van der Waals surface area (Å²) in [5.74, 6) is 1.52. The lowest BCUT2D eigenvalue weighted by Crippen LogP contribution is -2.26. The van der Waals surface area contributed by atoms with Crippen molar-refractivity contribution in [3.8, 4) is 5.75 Å². The number of ether oxygens (including phenoxy) is 1. The maximum absolute atomic E-state index is 9.98. The van der Waals surface area contributed by atoms with Gasteiger partial charge in [-0.1, -0.05) is 32.9 Å². The lowest BCUT2D eigenvalue weighted by molar-refractivity contribution is 0.117. The number of anilines is 1. The van der Waals surface area contributed by atoms with Crippen molar-refractivity contribution in [1.82, 2.24) is 9.36 Å². The number of para-hydroxylation sites is 1. The van der Waals surface area contributed by atoms with Crippen LogP contribution in [0.25, 0.3) is 0 Å². The molecule has 0 spiro atoms. The highest BCUT2D eigenvalue weighted by Crippen LogP contribution is 2.24. The van der Waals surface area contributed by atoms with Crippen molar-refractivity contribution in [2.45, 2.75) is 32.3 Å². The first-order chi connectivity index (χ1) is 10.4. The summed E-state index contributed by atoms with van der Waals surface area (Å²) in [6, 6.07) is 7.55. The van der Waals surface area contributed by atoms with Crippen molar-refractivity contribution in [1.29, 1.82) is 0 Å². The summed E-state index contributed by atoms with van der Waals surface area (Å²) in [7, 11) is 0. The fourth-order valence-electron chi connectivity index (χ4n) is 1.61. The monoisotopic (exact) mass is 385 g/mol. The summed E-state index contributed by atoms with van der Waals surface area (Å²) in [4.78, 5) is 4.42. The van der Waals surface area contributed by atoms with Gasteiger partial charge in [0, 0.05) is 23.5 Å². The van der Waals surface area contributed by atoms with E-state index in [9.17, 15) is 5.11 Å². The Kier molecular flexibility index (Phi) is 5.77. The van der Waals surface area contributed by atoms with Crippen molar-refractivity contribution in [3.63, 3.8) is 0 Å².